The average molecular weight is 418 g/mol. The largest absolute Gasteiger partial charge is 0.493 e. The number of nitrogens with two attached hydrogens (primary N) is 1. The van der Waals surface area contributed by atoms with Gasteiger partial charge in [0.25, 0.3) is 0 Å². The number of nitrogens with one attached hydrogen (secondary N) is 2. The van der Waals surface area contributed by atoms with Gasteiger partial charge in [0.1, 0.15) is 5.75 Å². The Morgan fingerprint density at radius 3 is 2.71 bits per heavy atom. The first-order valence-electron chi connectivity index (χ1n) is 11.3. The number of piperidine rings is 1. The standard InChI is InChI=1S/C25H31N5O/c26-25(27)30-12-9-19-5-6-23(14-21(19)15-30)31-17-18-7-10-29(11-8-18)16-22-13-20-3-1-2-4-24(20)28-22/h1-6,13-14,18,28H,7-12,15-17H2,(H3,26,27). The average Bonchev–Trinajstić information content (AvgIpc) is 3.20. The number of rotatable bonds is 5. The molecule has 3 aromatic rings. The van der Waals surface area contributed by atoms with Crippen LogP contribution in [0.3, 0.4) is 0 Å². The third kappa shape index (κ3) is 4.54. The summed E-state index contributed by atoms with van der Waals surface area (Å²) in [5.74, 6) is 1.68. The minimum atomic E-state index is 0.149. The van der Waals surface area contributed by atoms with Crippen LogP contribution in [-0.4, -0.2) is 47.0 Å². The summed E-state index contributed by atoms with van der Waals surface area (Å²) in [5.41, 5.74) is 10.8. The van der Waals surface area contributed by atoms with Crippen LogP contribution < -0.4 is 10.5 Å². The van der Waals surface area contributed by atoms with Crippen molar-refractivity contribution in [3.8, 4) is 5.75 Å². The highest BCUT2D eigenvalue weighted by Crippen LogP contribution is 2.26. The smallest absolute Gasteiger partial charge is 0.188 e. The molecule has 0 aliphatic carbocycles. The van der Waals surface area contributed by atoms with Crippen molar-refractivity contribution in [2.75, 3.05) is 26.2 Å². The first kappa shape index (κ1) is 19.9. The maximum absolute atomic E-state index is 7.68. The van der Waals surface area contributed by atoms with Gasteiger partial charge in [-0.1, -0.05) is 24.3 Å². The van der Waals surface area contributed by atoms with E-state index in [1.807, 2.05) is 4.90 Å². The lowest BCUT2D eigenvalue weighted by atomic mass is 9.97. The SMILES string of the molecule is N=C(N)N1CCc2ccc(OCC3CCN(Cc4cc5ccccc5[nH]4)CC3)cc2C1. The number of guanidine groups is 1. The van der Waals surface area contributed by atoms with Crippen molar-refractivity contribution in [1.29, 1.82) is 5.41 Å². The predicted octanol–water partition coefficient (Wildman–Crippen LogP) is 3.71. The maximum Gasteiger partial charge on any atom is 0.188 e. The van der Waals surface area contributed by atoms with Crippen LogP contribution >= 0.6 is 0 Å². The van der Waals surface area contributed by atoms with Crippen LogP contribution in [-0.2, 0) is 19.5 Å². The van der Waals surface area contributed by atoms with Crippen molar-refractivity contribution in [2.45, 2.75) is 32.4 Å². The van der Waals surface area contributed by atoms with Crippen LogP contribution in [0, 0.1) is 11.3 Å². The van der Waals surface area contributed by atoms with Crippen LogP contribution in [0.15, 0.2) is 48.5 Å². The fourth-order valence-corrected chi connectivity index (χ4v) is 4.81. The van der Waals surface area contributed by atoms with Gasteiger partial charge in [0.2, 0.25) is 0 Å². The van der Waals surface area contributed by atoms with Crippen molar-refractivity contribution in [2.24, 2.45) is 11.7 Å². The zero-order valence-corrected chi connectivity index (χ0v) is 17.9. The molecule has 6 heteroatoms. The number of hydrogen-bond acceptors (Lipinski definition) is 3. The summed E-state index contributed by atoms with van der Waals surface area (Å²) in [6.07, 6.45) is 3.27. The Labute approximate surface area is 183 Å². The van der Waals surface area contributed by atoms with Crippen LogP contribution in [0.25, 0.3) is 10.9 Å². The van der Waals surface area contributed by atoms with E-state index in [1.165, 1.54) is 40.6 Å². The summed E-state index contributed by atoms with van der Waals surface area (Å²) in [7, 11) is 0. The molecule has 0 atom stereocenters. The van der Waals surface area contributed by atoms with Crippen LogP contribution in [0.5, 0.6) is 5.75 Å². The first-order valence-corrected chi connectivity index (χ1v) is 11.3. The van der Waals surface area contributed by atoms with Crippen molar-refractivity contribution < 1.29 is 4.74 Å². The summed E-state index contributed by atoms with van der Waals surface area (Å²) in [6, 6.07) is 17.1. The summed E-state index contributed by atoms with van der Waals surface area (Å²) in [5, 5.41) is 8.97. The van der Waals surface area contributed by atoms with Gasteiger partial charge in [-0.05, 0) is 79.0 Å². The molecule has 2 aliphatic rings. The van der Waals surface area contributed by atoms with Gasteiger partial charge in [-0.15, -0.1) is 0 Å². The predicted molar refractivity (Wildman–Crippen MR) is 124 cm³/mol. The Balaban J connectivity index is 1.11. The molecule has 0 unspecified atom stereocenters. The van der Waals surface area contributed by atoms with Crippen molar-refractivity contribution in [3.63, 3.8) is 0 Å². The number of aromatic nitrogens is 1. The molecule has 0 radical (unpaired) electrons. The van der Waals surface area contributed by atoms with Crippen molar-refractivity contribution in [1.82, 2.24) is 14.8 Å². The fourth-order valence-electron chi connectivity index (χ4n) is 4.81. The lowest BCUT2D eigenvalue weighted by molar-refractivity contribution is 0.136. The topological polar surface area (TPSA) is 81.4 Å². The third-order valence-electron chi connectivity index (χ3n) is 6.70. The summed E-state index contributed by atoms with van der Waals surface area (Å²) in [4.78, 5) is 7.99. The van der Waals surface area contributed by atoms with Crippen LogP contribution in [0.4, 0.5) is 0 Å². The number of para-hydroxylation sites is 1. The van der Waals surface area contributed by atoms with E-state index in [9.17, 15) is 0 Å². The molecule has 2 aliphatic heterocycles. The van der Waals surface area contributed by atoms with Crippen molar-refractivity contribution >= 4 is 16.9 Å². The molecule has 6 nitrogen and oxygen atoms in total. The summed E-state index contributed by atoms with van der Waals surface area (Å²) < 4.78 is 6.17. The van der Waals surface area contributed by atoms with Gasteiger partial charge in [0, 0.05) is 30.8 Å². The molecule has 3 heterocycles. The number of nitrogens with zero attached hydrogens (tertiary/aromatic N) is 2. The van der Waals surface area contributed by atoms with Gasteiger partial charge in [-0.3, -0.25) is 10.3 Å². The summed E-state index contributed by atoms with van der Waals surface area (Å²) in [6.45, 7) is 5.51. The molecule has 0 amide bonds. The minimum absolute atomic E-state index is 0.149. The molecular formula is C25H31N5O. The minimum Gasteiger partial charge on any atom is -0.493 e. The Morgan fingerprint density at radius 1 is 1.06 bits per heavy atom. The van der Waals surface area contributed by atoms with Gasteiger partial charge in [0.15, 0.2) is 5.96 Å². The van der Waals surface area contributed by atoms with E-state index < -0.39 is 0 Å². The van der Waals surface area contributed by atoms with Crippen LogP contribution in [0.1, 0.15) is 29.7 Å². The Kier molecular flexibility index (Phi) is 5.55. The Hall–Kier alpha value is -2.99. The molecule has 2 aromatic carbocycles. The zero-order valence-electron chi connectivity index (χ0n) is 17.9. The van der Waals surface area contributed by atoms with E-state index in [1.54, 1.807) is 0 Å². The normalized spacial score (nSPS) is 17.6. The van der Waals surface area contributed by atoms with E-state index in [0.717, 1.165) is 45.0 Å². The summed E-state index contributed by atoms with van der Waals surface area (Å²) >= 11 is 0. The number of fused-ring (bicyclic) bond motifs is 2. The number of ether oxygens (including phenoxy) is 1. The Morgan fingerprint density at radius 2 is 1.90 bits per heavy atom. The second-order valence-electron chi connectivity index (χ2n) is 8.90. The van der Waals surface area contributed by atoms with Crippen LogP contribution in [0.2, 0.25) is 0 Å². The highest BCUT2D eigenvalue weighted by Gasteiger charge is 2.21. The van der Waals surface area contributed by atoms with E-state index in [2.05, 4.69) is 58.4 Å². The molecule has 1 fully saturated rings. The second-order valence-corrected chi connectivity index (χ2v) is 8.90. The third-order valence-corrected chi connectivity index (χ3v) is 6.70. The first-order chi connectivity index (χ1) is 15.1. The molecular weight excluding hydrogens is 386 g/mol. The highest BCUT2D eigenvalue weighted by molar-refractivity contribution is 5.80. The number of H-pyrrole nitrogens is 1. The van der Waals surface area contributed by atoms with Gasteiger partial charge in [-0.2, -0.15) is 0 Å². The van der Waals surface area contributed by atoms with E-state index in [0.29, 0.717) is 12.5 Å². The van der Waals surface area contributed by atoms with Gasteiger partial charge in [0.05, 0.1) is 6.61 Å². The quantitative estimate of drug-likeness (QED) is 0.437. The zero-order chi connectivity index (χ0) is 21.2. The molecule has 1 aromatic heterocycles. The molecule has 31 heavy (non-hydrogen) atoms. The van der Waals surface area contributed by atoms with Gasteiger partial charge >= 0.3 is 0 Å². The monoisotopic (exact) mass is 417 g/mol. The number of hydrogen-bond donors (Lipinski definition) is 3. The number of likely N-dealkylation sites (tertiary alicyclic amines) is 1. The lowest BCUT2D eigenvalue weighted by Crippen LogP contribution is -2.40. The number of benzene rings is 2. The number of aromatic amines is 1. The fraction of sp³-hybridized carbons (Fsp3) is 0.400. The van der Waals surface area contributed by atoms with E-state index in [4.69, 9.17) is 15.9 Å². The molecule has 0 saturated carbocycles. The molecule has 0 bridgehead atoms. The maximum atomic E-state index is 7.68. The molecule has 0 spiro atoms. The van der Waals surface area contributed by atoms with Gasteiger partial charge < -0.3 is 20.4 Å². The van der Waals surface area contributed by atoms with E-state index in [-0.39, 0.29) is 5.96 Å². The van der Waals surface area contributed by atoms with Crippen molar-refractivity contribution in [3.05, 3.63) is 65.4 Å². The van der Waals surface area contributed by atoms with E-state index >= 15 is 0 Å². The molecule has 4 N–H and O–H groups in total. The molecule has 5 rings (SSSR count). The molecule has 1 saturated heterocycles. The second kappa shape index (κ2) is 8.63. The Bertz CT molecular complexity index is 1030. The molecule has 162 valence electrons. The lowest BCUT2D eigenvalue weighted by Gasteiger charge is -2.32. The highest BCUT2D eigenvalue weighted by atomic mass is 16.5. The van der Waals surface area contributed by atoms with Gasteiger partial charge in [-0.25, -0.2) is 0 Å².